The summed E-state index contributed by atoms with van der Waals surface area (Å²) < 4.78 is 24.0. The number of thiazole rings is 1. The normalized spacial score (nSPS) is 10.7. The predicted octanol–water partition coefficient (Wildman–Crippen LogP) is 5.39. The first kappa shape index (κ1) is 19.8. The van der Waals surface area contributed by atoms with Crippen molar-refractivity contribution in [3.8, 4) is 16.3 Å². The van der Waals surface area contributed by atoms with Crippen molar-refractivity contribution >= 4 is 17.2 Å². The van der Waals surface area contributed by atoms with Crippen LogP contribution in [0.25, 0.3) is 10.6 Å². The average molecular weight is 422 g/mol. The Morgan fingerprint density at radius 1 is 1.13 bits per heavy atom. The smallest absolute Gasteiger partial charge is 0.273 e. The molecule has 0 bridgehead atoms. The molecular formula is C23H19FN2O3S. The summed E-state index contributed by atoms with van der Waals surface area (Å²) in [7, 11) is 1.72. The average Bonchev–Trinajstić information content (AvgIpc) is 3.45. The second-order valence-corrected chi connectivity index (χ2v) is 7.58. The lowest BCUT2D eigenvalue weighted by molar-refractivity contribution is 0.0770. The molecule has 0 N–H and O–H groups in total. The lowest BCUT2D eigenvalue weighted by Gasteiger charge is -2.13. The van der Waals surface area contributed by atoms with Gasteiger partial charge in [-0.1, -0.05) is 12.1 Å². The molecule has 0 saturated carbocycles. The van der Waals surface area contributed by atoms with Crippen LogP contribution in [0.1, 0.15) is 21.8 Å². The number of benzene rings is 2. The predicted molar refractivity (Wildman–Crippen MR) is 113 cm³/mol. The summed E-state index contributed by atoms with van der Waals surface area (Å²) in [6, 6.07) is 17.3. The molecule has 30 heavy (non-hydrogen) atoms. The van der Waals surface area contributed by atoms with Crippen molar-refractivity contribution in [2.45, 2.75) is 13.2 Å². The molecule has 4 aromatic rings. The Labute approximate surface area is 177 Å². The van der Waals surface area contributed by atoms with Gasteiger partial charge >= 0.3 is 0 Å². The fraction of sp³-hybridized carbons (Fsp3) is 0.130. The molecule has 1 amide bonds. The van der Waals surface area contributed by atoms with E-state index in [0.29, 0.717) is 24.6 Å². The van der Waals surface area contributed by atoms with Crippen molar-refractivity contribution in [1.82, 2.24) is 9.88 Å². The van der Waals surface area contributed by atoms with Crippen LogP contribution in [0.4, 0.5) is 4.39 Å². The van der Waals surface area contributed by atoms with Gasteiger partial charge in [0.25, 0.3) is 5.91 Å². The van der Waals surface area contributed by atoms with E-state index >= 15 is 0 Å². The van der Waals surface area contributed by atoms with Crippen molar-refractivity contribution in [2.75, 3.05) is 7.05 Å². The van der Waals surface area contributed by atoms with Crippen molar-refractivity contribution in [2.24, 2.45) is 0 Å². The lowest BCUT2D eigenvalue weighted by Crippen LogP contribution is -2.26. The number of furan rings is 1. The fourth-order valence-electron chi connectivity index (χ4n) is 2.85. The highest BCUT2D eigenvalue weighted by Crippen LogP contribution is 2.26. The minimum Gasteiger partial charge on any atom is -0.489 e. The van der Waals surface area contributed by atoms with Gasteiger partial charge in [0.15, 0.2) is 0 Å². The quantitative estimate of drug-likeness (QED) is 0.401. The van der Waals surface area contributed by atoms with E-state index in [9.17, 15) is 9.18 Å². The van der Waals surface area contributed by atoms with Crippen molar-refractivity contribution in [3.63, 3.8) is 0 Å². The molecule has 0 saturated heterocycles. The number of nitrogens with zero attached hydrogens (tertiary/aromatic N) is 2. The van der Waals surface area contributed by atoms with Gasteiger partial charge in [-0.05, 0) is 54.1 Å². The number of hydrogen-bond acceptors (Lipinski definition) is 5. The molecule has 0 unspecified atom stereocenters. The minimum absolute atomic E-state index is 0.159. The molecule has 7 heteroatoms. The molecule has 0 aliphatic rings. The Kier molecular flexibility index (Phi) is 5.90. The van der Waals surface area contributed by atoms with Crippen LogP contribution >= 0.6 is 11.3 Å². The molecule has 2 aromatic carbocycles. The van der Waals surface area contributed by atoms with E-state index in [1.807, 2.05) is 30.3 Å². The van der Waals surface area contributed by atoms with E-state index in [-0.39, 0.29) is 11.7 Å². The van der Waals surface area contributed by atoms with Gasteiger partial charge in [-0.3, -0.25) is 4.79 Å². The van der Waals surface area contributed by atoms with Crippen LogP contribution in [-0.4, -0.2) is 22.8 Å². The number of carbonyl (C=O) groups excluding carboxylic acids is 1. The summed E-state index contributed by atoms with van der Waals surface area (Å²) in [5.41, 5.74) is 2.20. The number of rotatable bonds is 7. The molecule has 2 heterocycles. The van der Waals surface area contributed by atoms with Gasteiger partial charge in [0.2, 0.25) is 0 Å². The Morgan fingerprint density at radius 2 is 1.90 bits per heavy atom. The van der Waals surface area contributed by atoms with Crippen LogP contribution in [0.15, 0.2) is 76.7 Å². The molecule has 0 spiro atoms. The highest BCUT2D eigenvalue weighted by atomic mass is 32.1. The van der Waals surface area contributed by atoms with Gasteiger partial charge in [0.1, 0.15) is 34.6 Å². The summed E-state index contributed by atoms with van der Waals surface area (Å²) in [6.07, 6.45) is 1.58. The third-order valence-corrected chi connectivity index (χ3v) is 5.35. The molecule has 4 rings (SSSR count). The highest BCUT2D eigenvalue weighted by molar-refractivity contribution is 7.13. The second kappa shape index (κ2) is 8.92. The Morgan fingerprint density at radius 3 is 2.60 bits per heavy atom. The SMILES string of the molecule is CN(Cc1ccco1)C(=O)c1csc(-c2ccc(OCc3ccc(F)cc3)cc2)n1. The van der Waals surface area contributed by atoms with Gasteiger partial charge in [0, 0.05) is 18.0 Å². The van der Waals surface area contributed by atoms with Crippen LogP contribution in [-0.2, 0) is 13.2 Å². The third kappa shape index (κ3) is 4.75. The number of carbonyl (C=O) groups is 1. The van der Waals surface area contributed by atoms with E-state index in [1.54, 1.807) is 41.8 Å². The van der Waals surface area contributed by atoms with E-state index in [4.69, 9.17) is 9.15 Å². The fourth-order valence-corrected chi connectivity index (χ4v) is 3.65. The number of aromatic nitrogens is 1. The zero-order chi connectivity index (χ0) is 20.9. The summed E-state index contributed by atoms with van der Waals surface area (Å²) in [5, 5.41) is 2.52. The molecule has 0 fully saturated rings. The zero-order valence-corrected chi connectivity index (χ0v) is 17.1. The number of ether oxygens (including phenoxy) is 1. The molecule has 5 nitrogen and oxygen atoms in total. The first-order chi connectivity index (χ1) is 14.6. The van der Waals surface area contributed by atoms with Gasteiger partial charge in [0.05, 0.1) is 12.8 Å². The van der Waals surface area contributed by atoms with Gasteiger partial charge in [-0.2, -0.15) is 0 Å². The van der Waals surface area contributed by atoms with E-state index in [1.165, 1.54) is 23.5 Å². The van der Waals surface area contributed by atoms with Gasteiger partial charge in [-0.25, -0.2) is 9.37 Å². The Hall–Kier alpha value is -3.45. The Bertz CT molecular complexity index is 1110. The highest BCUT2D eigenvalue weighted by Gasteiger charge is 2.17. The summed E-state index contributed by atoms with van der Waals surface area (Å²) in [5.74, 6) is 0.997. The maximum absolute atomic E-state index is 13.0. The summed E-state index contributed by atoms with van der Waals surface area (Å²) in [4.78, 5) is 18.7. The number of amides is 1. The molecule has 0 aliphatic heterocycles. The Balaban J connectivity index is 1.38. The first-order valence-corrected chi connectivity index (χ1v) is 10.2. The third-order valence-electron chi connectivity index (χ3n) is 4.46. The van der Waals surface area contributed by atoms with Crippen molar-refractivity contribution in [1.29, 1.82) is 0 Å². The van der Waals surface area contributed by atoms with Crippen LogP contribution in [0.2, 0.25) is 0 Å². The van der Waals surface area contributed by atoms with Crippen LogP contribution in [0.5, 0.6) is 5.75 Å². The minimum atomic E-state index is -0.267. The molecule has 0 atom stereocenters. The first-order valence-electron chi connectivity index (χ1n) is 9.29. The van der Waals surface area contributed by atoms with Crippen molar-refractivity contribution < 1.29 is 18.3 Å². The van der Waals surface area contributed by atoms with E-state index < -0.39 is 0 Å². The van der Waals surface area contributed by atoms with Gasteiger partial charge < -0.3 is 14.1 Å². The number of halogens is 1. The largest absolute Gasteiger partial charge is 0.489 e. The maximum atomic E-state index is 13.0. The van der Waals surface area contributed by atoms with E-state index in [0.717, 1.165) is 21.9 Å². The van der Waals surface area contributed by atoms with E-state index in [2.05, 4.69) is 4.98 Å². The molecular weight excluding hydrogens is 403 g/mol. The zero-order valence-electron chi connectivity index (χ0n) is 16.2. The molecule has 0 radical (unpaired) electrons. The van der Waals surface area contributed by atoms with Crippen LogP contribution in [0, 0.1) is 5.82 Å². The topological polar surface area (TPSA) is 55.6 Å². The van der Waals surface area contributed by atoms with Crippen molar-refractivity contribution in [3.05, 3.63) is 95.1 Å². The molecule has 0 aliphatic carbocycles. The number of hydrogen-bond donors (Lipinski definition) is 0. The van der Waals surface area contributed by atoms with Gasteiger partial charge in [-0.15, -0.1) is 11.3 Å². The van der Waals surface area contributed by atoms with Crippen LogP contribution < -0.4 is 4.74 Å². The van der Waals surface area contributed by atoms with Crippen LogP contribution in [0.3, 0.4) is 0 Å². The lowest BCUT2D eigenvalue weighted by atomic mass is 10.2. The standard InChI is InChI=1S/C23H19FN2O3S/c1-26(13-20-3-2-12-28-20)23(27)21-15-30-22(25-21)17-6-10-19(11-7-17)29-14-16-4-8-18(24)9-5-16/h2-12,15H,13-14H2,1H3. The summed E-state index contributed by atoms with van der Waals surface area (Å²) >= 11 is 1.42. The summed E-state index contributed by atoms with van der Waals surface area (Å²) in [6.45, 7) is 0.746. The molecule has 152 valence electrons. The maximum Gasteiger partial charge on any atom is 0.273 e. The monoisotopic (exact) mass is 422 g/mol. The second-order valence-electron chi connectivity index (χ2n) is 6.72. The molecule has 2 aromatic heterocycles.